The van der Waals surface area contributed by atoms with Crippen LogP contribution in [0.15, 0.2) is 379 Å². The molecule has 4 amide bonds. The van der Waals surface area contributed by atoms with Gasteiger partial charge in [0.2, 0.25) is 0 Å². The molecule has 0 heterocycles. The monoisotopic (exact) mass is 2010 g/mol. The van der Waals surface area contributed by atoms with Crippen molar-refractivity contribution in [2.45, 2.75) is 75.3 Å². The number of halogens is 2. The molecule has 33 nitrogen and oxygen atoms in total. The van der Waals surface area contributed by atoms with Gasteiger partial charge in [0.1, 0.15) is 5.82 Å². The quantitative estimate of drug-likeness (QED) is 0.00934. The second-order valence-electron chi connectivity index (χ2n) is 26.3. The summed E-state index contributed by atoms with van der Waals surface area (Å²) in [4.78, 5) is 128. The Hall–Kier alpha value is -13.9. The predicted molar refractivity (Wildman–Crippen MR) is 554 cm³/mol. The Labute approximate surface area is 851 Å². The molecule has 0 radical (unpaired) electrons. The summed E-state index contributed by atoms with van der Waals surface area (Å²) < 4.78 is 12.1. The molecule has 14 aromatic rings. The first-order valence-corrected chi connectivity index (χ1v) is 51.2. The van der Waals surface area contributed by atoms with Gasteiger partial charge in [-0.15, -0.1) is 0 Å². The van der Waals surface area contributed by atoms with Gasteiger partial charge in [0, 0.05) is 198 Å². The van der Waals surface area contributed by atoms with Crippen LogP contribution in [0, 0.1) is 66.5 Å². The van der Waals surface area contributed by atoms with Crippen LogP contribution in [-0.4, -0.2) is 125 Å². The third-order valence-corrected chi connectivity index (χ3v) is 20.8. The summed E-state index contributed by atoms with van der Waals surface area (Å²) in [6, 6.07) is 91.6. The molecule has 708 valence electrons. The third kappa shape index (κ3) is 43.9. The summed E-state index contributed by atoms with van der Waals surface area (Å²) >= 11 is 14.1. The van der Waals surface area contributed by atoms with E-state index >= 15 is 0 Å². The summed E-state index contributed by atoms with van der Waals surface area (Å²) in [6.45, 7) is 3.86. The second-order valence-corrected chi connectivity index (χ2v) is 31.2. The maximum atomic E-state index is 12.4. The first kappa shape index (κ1) is 120. The summed E-state index contributed by atoms with van der Waals surface area (Å²) in [5.74, 6) is -1.79. The number of nitrogens with two attached hydrogens (primary N) is 4. The number of rotatable bonds is 23. The van der Waals surface area contributed by atoms with E-state index in [9.17, 15) is 89.0 Å². The molecule has 42 heteroatoms. The number of nitrogens with zero attached hydrogens (tertiary/aromatic N) is 6. The van der Waals surface area contributed by atoms with Crippen LogP contribution in [0.5, 0.6) is 0 Å². The first-order chi connectivity index (χ1) is 64.2. The number of hydrogen-bond donors (Lipinski definition) is 10. The molecular weight excluding hydrogens is 1910 g/mol. The predicted octanol–water partition coefficient (Wildman–Crippen LogP) is 23.3. The van der Waals surface area contributed by atoms with Crippen molar-refractivity contribution in [1.82, 2.24) is 0 Å². The minimum absolute atomic E-state index is 0. The van der Waals surface area contributed by atoms with Gasteiger partial charge in [0.05, 0.1) is 29.5 Å². The molecule has 0 unspecified atom stereocenters. The fourth-order valence-electron chi connectivity index (χ4n) is 10.3. The fraction of sp³-hybridized carbons (Fsp3) is 0.0729. The Morgan fingerprint density at radius 2 is 0.478 bits per heavy atom. The molecule has 138 heavy (non-hydrogen) atoms. The molecule has 0 atom stereocenters. The summed E-state index contributed by atoms with van der Waals surface area (Å²) in [5.41, 5.74) is 28.9. The van der Waals surface area contributed by atoms with Crippen molar-refractivity contribution < 1.29 is 68.1 Å². The van der Waals surface area contributed by atoms with Gasteiger partial charge in [-0.3, -0.25) is 84.7 Å². The summed E-state index contributed by atoms with van der Waals surface area (Å²) in [6.07, 6.45) is 0. The summed E-state index contributed by atoms with van der Waals surface area (Å²) in [7, 11) is 0. The average molecular weight is 2010 g/mol. The van der Waals surface area contributed by atoms with Crippen LogP contribution in [0.3, 0.4) is 0 Å². The van der Waals surface area contributed by atoms with Crippen molar-refractivity contribution in [1.29, 1.82) is 0 Å². The van der Waals surface area contributed by atoms with Gasteiger partial charge >= 0.3 is 43.6 Å². The zero-order valence-electron chi connectivity index (χ0n) is 72.0. The van der Waals surface area contributed by atoms with E-state index in [1.165, 1.54) is 168 Å². The van der Waals surface area contributed by atoms with E-state index < -0.39 is 52.4 Å². The average Bonchev–Trinajstić information content (AvgIpc) is 0.855. The topological polar surface area (TPSA) is 537 Å². The number of anilines is 8. The molecule has 14 aromatic carbocycles. The Bertz CT molecular complexity index is 5960. The number of aliphatic hydroxyl groups excluding tert-OH is 2. The van der Waals surface area contributed by atoms with E-state index in [-0.39, 0.29) is 112 Å². The van der Waals surface area contributed by atoms with E-state index in [2.05, 4.69) is 21.3 Å². The van der Waals surface area contributed by atoms with Gasteiger partial charge < -0.3 is 54.4 Å². The number of aliphatic hydroxyl groups is 2. The molecule has 0 spiro atoms. The SMILES string of the molecule is C.C.C.CCO.CCO.Nc1ccc(Sc2ccc(N)cc2)cc1.Nc1cccc(C(=O)Nc2ccc(Sc3ccc(NC(=O)c4cccc(N)c4)cc3)cc2)c1.O=C(Cl)c1cccc([N+](=O)[O-])c1.O=C(Nc1ccc(Sc2ccc(NC(=O)c3cccc([N+](=O)[O-])c3)cc2)cc1)c1cccc([N+](=O)[O-])c1.O=[N+]([O-])c1ccc(F)cc1.O=[N+]([O-])c1ccc(Sc2ccc([N+](=O)[O-])cc2)cc1.S.[Na][Na]. The molecule has 0 bridgehead atoms. The van der Waals surface area contributed by atoms with Gasteiger partial charge in [0.25, 0.3) is 63.0 Å². The molecule has 0 aliphatic heterocycles. The van der Waals surface area contributed by atoms with Crippen molar-refractivity contribution in [2.75, 3.05) is 57.4 Å². The Balaban J connectivity index is 0.000000578. The van der Waals surface area contributed by atoms with E-state index in [0.717, 1.165) is 71.1 Å². The molecule has 0 saturated heterocycles. The number of benzene rings is 14. The number of carbonyl (C=O) groups is 5. The fourth-order valence-corrected chi connectivity index (χ4v) is 13.7. The second kappa shape index (κ2) is 64.2. The van der Waals surface area contributed by atoms with Gasteiger partial charge in [0.15, 0.2) is 0 Å². The van der Waals surface area contributed by atoms with Gasteiger partial charge in [-0.2, -0.15) is 13.5 Å². The van der Waals surface area contributed by atoms with E-state index in [1.54, 1.807) is 134 Å². The number of nitro groups is 6. The van der Waals surface area contributed by atoms with Crippen LogP contribution < -0.4 is 44.2 Å². The van der Waals surface area contributed by atoms with Crippen molar-refractivity contribution >= 4 is 224 Å². The Kier molecular flexibility index (Phi) is 55.9. The molecule has 0 saturated carbocycles. The number of amides is 4. The van der Waals surface area contributed by atoms with Crippen LogP contribution in [0.25, 0.3) is 0 Å². The molecule has 0 aliphatic rings. The van der Waals surface area contributed by atoms with Crippen molar-refractivity contribution in [3.63, 3.8) is 0 Å². The van der Waals surface area contributed by atoms with Crippen molar-refractivity contribution in [3.05, 3.63) is 434 Å². The molecular formula is C96H94ClFN14Na2O19S5. The normalized spacial score (nSPS) is 9.58. The summed E-state index contributed by atoms with van der Waals surface area (Å²) in [5, 5.41) is 88.7. The van der Waals surface area contributed by atoms with Crippen LogP contribution in [0.1, 0.15) is 87.9 Å². The number of nitro benzene ring substituents is 6. The maximum absolute atomic E-state index is 12.4. The molecule has 0 aliphatic carbocycles. The number of non-ortho nitro benzene ring substituents is 6. The van der Waals surface area contributed by atoms with Crippen LogP contribution in [0.2, 0.25) is 0 Å². The number of nitrogens with one attached hydrogen (secondary N) is 4. The van der Waals surface area contributed by atoms with Gasteiger partial charge in [-0.25, -0.2) is 4.39 Å². The standard InChI is InChI=1S/C26H18N4O6S.C26H22N4O2S.C12H8N2O4S.C12H12N2S.C7H4ClNO3.C6H4FNO2.2C2H6O.3CH4.2Na.H2S/c31-25(17-3-1-5-21(15-17)29(33)34)27-19-7-11-23(12-8-19)37-24-13-9-20(10-14-24)28-26(32)18-4-2-6-22(16-18)30(35)36;27-19-5-1-3-17(15-19)25(31)29-21-7-11-23(12-8-21)33-24-13-9-22(10-14-24)30-26(32)18-4-2-6-20(28)16-18;15-13(16)9-1-5-11(6-2-9)19-12-7-3-10(4-8-12)14(17)18;13-9-1-5-11(6-2-9)15-12-7-3-10(14)4-8-12;8-7(10)5-2-1-3-6(4-5)9(11)12;7-5-1-3-6(4-2-5)8(9)10;2*1-2-3;;;;;;/h1-16H,(H,27,31)(H,28,32);1-16H,27-28H2,(H,29,31)(H,30,32);1-8H;1-8H,13-14H2;1-4H;1-4H;2*3H,2H2,1H3;3*1H4;;;1H2. The zero-order valence-corrected chi connectivity index (χ0v) is 81.0. The van der Waals surface area contributed by atoms with E-state index in [0.29, 0.717) is 45.3 Å². The molecule has 0 aromatic heterocycles. The van der Waals surface area contributed by atoms with Crippen LogP contribution >= 0.6 is 72.1 Å². The molecule has 0 fully saturated rings. The van der Waals surface area contributed by atoms with Gasteiger partial charge in [-0.1, -0.05) is 99.7 Å². The van der Waals surface area contributed by atoms with E-state index in [4.69, 9.17) is 44.7 Å². The van der Waals surface area contributed by atoms with Crippen molar-refractivity contribution in [3.8, 4) is 0 Å². The number of hydrogen-bond acceptors (Lipinski definition) is 27. The number of nitrogen functional groups attached to an aromatic ring is 4. The first-order valence-electron chi connectivity index (χ1n) is 39.5. The van der Waals surface area contributed by atoms with Crippen LogP contribution in [-0.2, 0) is 0 Å². The third-order valence-electron chi connectivity index (χ3n) is 16.5. The van der Waals surface area contributed by atoms with Crippen LogP contribution in [0.4, 0.5) is 84.0 Å². The Morgan fingerprint density at radius 1 is 0.297 bits per heavy atom. The zero-order chi connectivity index (χ0) is 98.2. The molecule has 14 N–H and O–H groups in total. The number of carbonyl (C=O) groups excluding carboxylic acids is 5. The minimum atomic E-state index is -0.696. The van der Waals surface area contributed by atoms with E-state index in [1.807, 2.05) is 121 Å². The van der Waals surface area contributed by atoms with Gasteiger partial charge in [-0.05, 0) is 262 Å². The Morgan fingerprint density at radius 3 is 0.688 bits per heavy atom. The van der Waals surface area contributed by atoms with Crippen molar-refractivity contribution in [2.24, 2.45) is 0 Å². The molecule has 14 rings (SSSR count).